The Morgan fingerprint density at radius 2 is 2.21 bits per heavy atom. The van der Waals surface area contributed by atoms with E-state index in [-0.39, 0.29) is 5.82 Å². The molecule has 0 amide bonds. The summed E-state index contributed by atoms with van der Waals surface area (Å²) in [7, 11) is 1.82. The van der Waals surface area contributed by atoms with Crippen molar-refractivity contribution in [1.82, 2.24) is 15.5 Å². The van der Waals surface area contributed by atoms with Gasteiger partial charge in [-0.25, -0.2) is 4.39 Å². The molecule has 1 heterocycles. The molecule has 0 aromatic heterocycles. The maximum absolute atomic E-state index is 13.2. The van der Waals surface area contributed by atoms with Crippen molar-refractivity contribution in [2.45, 2.75) is 57.2 Å². The molecule has 1 aromatic carbocycles. The van der Waals surface area contributed by atoms with Gasteiger partial charge in [0.25, 0.3) is 0 Å². The highest BCUT2D eigenvalue weighted by molar-refractivity contribution is 5.80. The molecule has 2 N–H and O–H groups in total. The quantitative estimate of drug-likeness (QED) is 0.478. The predicted molar refractivity (Wildman–Crippen MR) is 96.8 cm³/mol. The molecule has 1 aromatic rings. The third-order valence-corrected chi connectivity index (χ3v) is 5.03. The Labute approximate surface area is 144 Å². The second kappa shape index (κ2) is 7.97. The highest BCUT2D eigenvalue weighted by Gasteiger charge is 2.38. The van der Waals surface area contributed by atoms with Gasteiger partial charge in [-0.1, -0.05) is 12.1 Å². The van der Waals surface area contributed by atoms with Crippen LogP contribution in [0.2, 0.25) is 0 Å². The fourth-order valence-electron chi connectivity index (χ4n) is 3.66. The zero-order valence-corrected chi connectivity index (χ0v) is 14.8. The largest absolute Gasteiger partial charge is 0.356 e. The van der Waals surface area contributed by atoms with Gasteiger partial charge in [0.1, 0.15) is 5.82 Å². The molecule has 1 saturated carbocycles. The number of nitrogens with one attached hydrogen (secondary N) is 2. The zero-order chi connectivity index (χ0) is 16.9. The number of benzene rings is 1. The Bertz CT molecular complexity index is 570. The smallest absolute Gasteiger partial charge is 0.191 e. The van der Waals surface area contributed by atoms with Crippen molar-refractivity contribution in [3.8, 4) is 0 Å². The minimum Gasteiger partial charge on any atom is -0.356 e. The summed E-state index contributed by atoms with van der Waals surface area (Å²) < 4.78 is 13.2. The van der Waals surface area contributed by atoms with Gasteiger partial charge in [0.2, 0.25) is 0 Å². The fraction of sp³-hybridized carbons (Fsp3) is 0.632. The molecule has 0 spiro atoms. The summed E-state index contributed by atoms with van der Waals surface area (Å²) >= 11 is 0. The monoisotopic (exact) mass is 332 g/mol. The molecule has 0 radical (unpaired) electrons. The number of aliphatic imine (C=N–C) groups is 1. The van der Waals surface area contributed by atoms with Crippen molar-refractivity contribution in [3.05, 3.63) is 35.6 Å². The van der Waals surface area contributed by atoms with Gasteiger partial charge < -0.3 is 10.6 Å². The first-order valence-electron chi connectivity index (χ1n) is 9.13. The molecule has 2 unspecified atom stereocenters. The average Bonchev–Trinajstić information content (AvgIpc) is 3.34. The lowest BCUT2D eigenvalue weighted by Gasteiger charge is -2.20. The average molecular weight is 332 g/mol. The SMILES string of the molecule is CN=C(NCCCc1cccc(F)c1)NC1CC(C)N(C2CC2)C1. The second-order valence-electron chi connectivity index (χ2n) is 7.09. The van der Waals surface area contributed by atoms with Gasteiger partial charge in [0.05, 0.1) is 0 Å². The zero-order valence-electron chi connectivity index (χ0n) is 14.8. The lowest BCUT2D eigenvalue weighted by Crippen LogP contribution is -2.45. The molecule has 2 atom stereocenters. The van der Waals surface area contributed by atoms with Crippen molar-refractivity contribution in [1.29, 1.82) is 0 Å². The van der Waals surface area contributed by atoms with Crippen LogP contribution in [0.25, 0.3) is 0 Å². The molecule has 2 aliphatic rings. The number of likely N-dealkylation sites (tertiary alicyclic amines) is 1. The first-order chi connectivity index (χ1) is 11.7. The van der Waals surface area contributed by atoms with Crippen molar-refractivity contribution < 1.29 is 4.39 Å². The number of nitrogens with zero attached hydrogens (tertiary/aromatic N) is 2. The van der Waals surface area contributed by atoms with E-state index in [9.17, 15) is 4.39 Å². The summed E-state index contributed by atoms with van der Waals surface area (Å²) in [5, 5.41) is 6.94. The van der Waals surface area contributed by atoms with Crippen LogP contribution < -0.4 is 10.6 Å². The van der Waals surface area contributed by atoms with E-state index in [1.807, 2.05) is 13.1 Å². The third-order valence-electron chi connectivity index (χ3n) is 5.03. The topological polar surface area (TPSA) is 39.7 Å². The summed E-state index contributed by atoms with van der Waals surface area (Å²) in [6.07, 6.45) is 5.74. The Balaban J connectivity index is 1.38. The maximum Gasteiger partial charge on any atom is 0.191 e. The Morgan fingerprint density at radius 3 is 2.92 bits per heavy atom. The van der Waals surface area contributed by atoms with Gasteiger partial charge in [-0.2, -0.15) is 0 Å². The van der Waals surface area contributed by atoms with Crippen molar-refractivity contribution >= 4 is 5.96 Å². The van der Waals surface area contributed by atoms with E-state index in [1.165, 1.54) is 25.3 Å². The van der Waals surface area contributed by atoms with Crippen LogP contribution >= 0.6 is 0 Å². The van der Waals surface area contributed by atoms with E-state index in [4.69, 9.17) is 0 Å². The van der Waals surface area contributed by atoms with Crippen molar-refractivity contribution in [2.75, 3.05) is 20.1 Å². The van der Waals surface area contributed by atoms with Gasteiger partial charge in [-0.15, -0.1) is 0 Å². The lowest BCUT2D eigenvalue weighted by molar-refractivity contribution is 0.256. The first kappa shape index (κ1) is 17.2. The molecule has 4 nitrogen and oxygen atoms in total. The molecule has 3 rings (SSSR count). The van der Waals surface area contributed by atoms with Gasteiger partial charge in [-0.05, 0) is 56.7 Å². The normalized spacial score (nSPS) is 25.0. The van der Waals surface area contributed by atoms with Crippen molar-refractivity contribution in [2.24, 2.45) is 4.99 Å². The highest BCUT2D eigenvalue weighted by atomic mass is 19.1. The van der Waals surface area contributed by atoms with Crippen LogP contribution in [0.5, 0.6) is 0 Å². The maximum atomic E-state index is 13.2. The van der Waals surface area contributed by atoms with Gasteiger partial charge >= 0.3 is 0 Å². The first-order valence-corrected chi connectivity index (χ1v) is 9.13. The summed E-state index contributed by atoms with van der Waals surface area (Å²) in [5.74, 6) is 0.720. The van der Waals surface area contributed by atoms with E-state index in [0.717, 1.165) is 43.5 Å². The minimum atomic E-state index is -0.159. The Kier molecular flexibility index (Phi) is 5.72. The van der Waals surface area contributed by atoms with Gasteiger partial charge in [0.15, 0.2) is 5.96 Å². The van der Waals surface area contributed by atoms with Gasteiger partial charge in [-0.3, -0.25) is 9.89 Å². The molecule has 2 fully saturated rings. The van der Waals surface area contributed by atoms with Crippen LogP contribution in [0.3, 0.4) is 0 Å². The molecule has 132 valence electrons. The van der Waals surface area contributed by atoms with Crippen LogP contribution in [-0.4, -0.2) is 49.1 Å². The molecule has 1 saturated heterocycles. The van der Waals surface area contributed by atoms with Gasteiger partial charge in [0, 0.05) is 38.3 Å². The summed E-state index contributed by atoms with van der Waals surface area (Å²) in [4.78, 5) is 6.97. The number of aryl methyl sites for hydroxylation is 1. The number of halogens is 1. The van der Waals surface area contributed by atoms with Crippen LogP contribution in [0.4, 0.5) is 4.39 Å². The highest BCUT2D eigenvalue weighted by Crippen LogP contribution is 2.33. The molecule has 1 aliphatic heterocycles. The number of hydrogen-bond donors (Lipinski definition) is 2. The summed E-state index contributed by atoms with van der Waals surface area (Å²) in [6, 6.07) is 8.82. The molecular formula is C19H29FN4. The minimum absolute atomic E-state index is 0.159. The van der Waals surface area contributed by atoms with E-state index in [0.29, 0.717) is 12.1 Å². The molecular weight excluding hydrogens is 303 g/mol. The van der Waals surface area contributed by atoms with Crippen LogP contribution in [0, 0.1) is 5.82 Å². The van der Waals surface area contributed by atoms with Crippen LogP contribution in [-0.2, 0) is 6.42 Å². The summed E-state index contributed by atoms with van der Waals surface area (Å²) in [6.45, 7) is 4.29. The second-order valence-corrected chi connectivity index (χ2v) is 7.09. The Hall–Kier alpha value is -1.62. The van der Waals surface area contributed by atoms with Crippen LogP contribution in [0.1, 0.15) is 38.2 Å². The van der Waals surface area contributed by atoms with E-state index < -0.39 is 0 Å². The molecule has 24 heavy (non-hydrogen) atoms. The third kappa shape index (κ3) is 4.69. The molecule has 1 aliphatic carbocycles. The predicted octanol–water partition coefficient (Wildman–Crippen LogP) is 2.55. The van der Waals surface area contributed by atoms with E-state index >= 15 is 0 Å². The molecule has 5 heteroatoms. The lowest BCUT2D eigenvalue weighted by atomic mass is 10.1. The number of rotatable bonds is 6. The standard InChI is InChI=1S/C19H29FN4/c1-14-11-17(13-24(14)18-8-9-18)23-19(21-2)22-10-4-6-15-5-3-7-16(20)12-15/h3,5,7,12,14,17-18H,4,6,8-11,13H2,1-2H3,(H2,21,22,23). The Morgan fingerprint density at radius 1 is 1.38 bits per heavy atom. The number of guanidine groups is 1. The molecule has 0 bridgehead atoms. The summed E-state index contributed by atoms with van der Waals surface area (Å²) in [5.41, 5.74) is 1.05. The van der Waals surface area contributed by atoms with Crippen molar-refractivity contribution in [3.63, 3.8) is 0 Å². The van der Waals surface area contributed by atoms with Crippen LogP contribution in [0.15, 0.2) is 29.3 Å². The fourth-order valence-corrected chi connectivity index (χ4v) is 3.66. The number of hydrogen-bond acceptors (Lipinski definition) is 2. The van der Waals surface area contributed by atoms with E-state index in [2.05, 4.69) is 27.4 Å². The van der Waals surface area contributed by atoms with E-state index in [1.54, 1.807) is 12.1 Å².